The lowest BCUT2D eigenvalue weighted by Crippen LogP contribution is -2.03. The smallest absolute Gasteiger partial charge is 0.275 e. The monoisotopic (exact) mass is 280 g/mol. The minimum Gasteiger partial charge on any atom is -0.493 e. The van der Waals surface area contributed by atoms with Gasteiger partial charge in [0.1, 0.15) is 5.75 Å². The number of hydrogen-bond donors (Lipinski definition) is 1. The van der Waals surface area contributed by atoms with Crippen LogP contribution in [0.1, 0.15) is 46.0 Å². The molecule has 20 heavy (non-hydrogen) atoms. The second kappa shape index (κ2) is 9.18. The Balaban J connectivity index is 2.63. The molecule has 0 aromatic heterocycles. The lowest BCUT2D eigenvalue weighted by atomic mass is 10.2. The molecule has 1 N–H and O–H groups in total. The van der Waals surface area contributed by atoms with Crippen molar-refractivity contribution in [2.75, 3.05) is 18.5 Å². The van der Waals surface area contributed by atoms with Crippen LogP contribution in [-0.2, 0) is 0 Å². The van der Waals surface area contributed by atoms with E-state index in [9.17, 15) is 10.1 Å². The quantitative estimate of drug-likeness (QED) is 0.392. The third kappa shape index (κ3) is 5.91. The fourth-order valence-electron chi connectivity index (χ4n) is 1.86. The molecule has 0 aliphatic rings. The van der Waals surface area contributed by atoms with Crippen LogP contribution in [0.4, 0.5) is 11.4 Å². The molecule has 0 radical (unpaired) electrons. The summed E-state index contributed by atoms with van der Waals surface area (Å²) in [6, 6.07) is 4.85. The van der Waals surface area contributed by atoms with Gasteiger partial charge in [0, 0.05) is 24.4 Å². The first-order valence-electron chi connectivity index (χ1n) is 7.33. The second-order valence-electron chi connectivity index (χ2n) is 4.81. The van der Waals surface area contributed by atoms with Gasteiger partial charge in [-0.2, -0.15) is 0 Å². The summed E-state index contributed by atoms with van der Waals surface area (Å²) in [5, 5.41) is 14.1. The Morgan fingerprint density at radius 3 is 2.60 bits per heavy atom. The van der Waals surface area contributed by atoms with Crippen LogP contribution in [0.25, 0.3) is 0 Å². The van der Waals surface area contributed by atoms with Crippen molar-refractivity contribution in [3.63, 3.8) is 0 Å². The Hall–Kier alpha value is -1.78. The third-order valence-electron chi connectivity index (χ3n) is 2.95. The van der Waals surface area contributed by atoms with Crippen molar-refractivity contribution in [2.45, 2.75) is 46.0 Å². The van der Waals surface area contributed by atoms with Crippen LogP contribution in [0, 0.1) is 10.1 Å². The van der Waals surface area contributed by atoms with E-state index in [0.29, 0.717) is 12.4 Å². The first-order chi connectivity index (χ1) is 9.67. The molecule has 0 atom stereocenters. The predicted octanol–water partition coefficient (Wildman–Crippen LogP) is 4.38. The van der Waals surface area contributed by atoms with Gasteiger partial charge in [0.05, 0.1) is 17.6 Å². The molecular formula is C15H24N2O3. The maximum Gasteiger partial charge on any atom is 0.275 e. The molecule has 5 nitrogen and oxygen atoms in total. The van der Waals surface area contributed by atoms with Crippen LogP contribution in [-0.4, -0.2) is 18.1 Å². The molecule has 0 unspecified atom stereocenters. The molecule has 0 saturated carbocycles. The lowest BCUT2D eigenvalue weighted by Gasteiger charge is -2.09. The fourth-order valence-corrected chi connectivity index (χ4v) is 1.86. The van der Waals surface area contributed by atoms with Crippen molar-refractivity contribution in [1.82, 2.24) is 0 Å². The molecular weight excluding hydrogens is 256 g/mol. The van der Waals surface area contributed by atoms with Crippen LogP contribution in [0.5, 0.6) is 5.75 Å². The van der Waals surface area contributed by atoms with Crippen molar-refractivity contribution < 1.29 is 9.66 Å². The Morgan fingerprint density at radius 2 is 1.95 bits per heavy atom. The molecule has 1 aromatic carbocycles. The number of nitro benzene ring substituents is 1. The molecule has 5 heteroatoms. The highest BCUT2D eigenvalue weighted by atomic mass is 16.6. The number of rotatable bonds is 10. The van der Waals surface area contributed by atoms with E-state index in [4.69, 9.17) is 4.74 Å². The molecule has 0 spiro atoms. The number of nitrogens with one attached hydrogen (secondary N) is 1. The van der Waals surface area contributed by atoms with E-state index < -0.39 is 0 Å². The average Bonchev–Trinajstić information content (AvgIpc) is 2.44. The molecule has 0 fully saturated rings. The number of unbranched alkanes of at least 4 members (excludes halogenated alkanes) is 3. The fraction of sp³-hybridized carbons (Fsp3) is 0.600. The van der Waals surface area contributed by atoms with Crippen LogP contribution >= 0.6 is 0 Å². The summed E-state index contributed by atoms with van der Waals surface area (Å²) in [5.41, 5.74) is 0.805. The largest absolute Gasteiger partial charge is 0.493 e. The van der Waals surface area contributed by atoms with Crippen LogP contribution in [0.2, 0.25) is 0 Å². The van der Waals surface area contributed by atoms with Gasteiger partial charge in [0.15, 0.2) is 0 Å². The highest BCUT2D eigenvalue weighted by Gasteiger charge is 2.10. The van der Waals surface area contributed by atoms with E-state index >= 15 is 0 Å². The van der Waals surface area contributed by atoms with Crippen LogP contribution in [0.3, 0.4) is 0 Å². The Kier molecular flexibility index (Phi) is 7.47. The van der Waals surface area contributed by atoms with Crippen LogP contribution < -0.4 is 10.1 Å². The van der Waals surface area contributed by atoms with Gasteiger partial charge < -0.3 is 10.1 Å². The number of nitrogens with zero attached hydrogens (tertiary/aromatic N) is 1. The first kappa shape index (κ1) is 16.3. The maximum atomic E-state index is 10.9. The second-order valence-corrected chi connectivity index (χ2v) is 4.81. The van der Waals surface area contributed by atoms with Gasteiger partial charge in [-0.3, -0.25) is 10.1 Å². The van der Waals surface area contributed by atoms with E-state index in [0.717, 1.165) is 31.5 Å². The lowest BCUT2D eigenvalue weighted by molar-refractivity contribution is -0.384. The number of ether oxygens (including phenoxy) is 1. The molecule has 0 saturated heterocycles. The summed E-state index contributed by atoms with van der Waals surface area (Å²) >= 11 is 0. The number of hydrogen-bond acceptors (Lipinski definition) is 4. The average molecular weight is 280 g/mol. The summed E-state index contributed by atoms with van der Waals surface area (Å²) in [6.45, 7) is 5.61. The van der Waals surface area contributed by atoms with Gasteiger partial charge >= 0.3 is 0 Å². The molecule has 0 heterocycles. The standard InChI is InChI=1S/C15H24N2O3/c1-3-5-6-7-9-20-15-11-13(16-8-4-2)10-14(12-15)17(18)19/h10-12,16H,3-9H2,1-2H3. The number of nitro groups is 1. The SMILES string of the molecule is CCCCCCOc1cc(NCCC)cc([N+](=O)[O-])c1. The van der Waals surface area contributed by atoms with Crippen molar-refractivity contribution >= 4 is 11.4 Å². The minimum absolute atomic E-state index is 0.0645. The van der Waals surface area contributed by atoms with Crippen molar-refractivity contribution in [1.29, 1.82) is 0 Å². The van der Waals surface area contributed by atoms with Gasteiger partial charge in [0.25, 0.3) is 5.69 Å². The zero-order valence-electron chi connectivity index (χ0n) is 12.4. The van der Waals surface area contributed by atoms with Gasteiger partial charge in [0.2, 0.25) is 0 Å². The number of anilines is 1. The van der Waals surface area contributed by atoms with Crippen LogP contribution in [0.15, 0.2) is 18.2 Å². The van der Waals surface area contributed by atoms with E-state index in [-0.39, 0.29) is 10.6 Å². The molecule has 112 valence electrons. The molecule has 0 aliphatic carbocycles. The van der Waals surface area contributed by atoms with Crippen molar-refractivity contribution in [3.8, 4) is 5.75 Å². The van der Waals surface area contributed by atoms with E-state index in [2.05, 4.69) is 19.2 Å². The zero-order valence-corrected chi connectivity index (χ0v) is 12.4. The van der Waals surface area contributed by atoms with Gasteiger partial charge in [-0.1, -0.05) is 33.1 Å². The normalized spacial score (nSPS) is 10.3. The summed E-state index contributed by atoms with van der Waals surface area (Å²) in [6.07, 6.45) is 5.46. The topological polar surface area (TPSA) is 64.4 Å². The zero-order chi connectivity index (χ0) is 14.8. The molecule has 1 aromatic rings. The Bertz CT molecular complexity index is 422. The van der Waals surface area contributed by atoms with Gasteiger partial charge in [-0.25, -0.2) is 0 Å². The molecule has 1 rings (SSSR count). The van der Waals surface area contributed by atoms with Crippen molar-refractivity contribution in [2.24, 2.45) is 0 Å². The van der Waals surface area contributed by atoms with Gasteiger partial charge in [-0.05, 0) is 12.8 Å². The van der Waals surface area contributed by atoms with E-state index in [1.807, 2.05) is 6.07 Å². The van der Waals surface area contributed by atoms with Crippen molar-refractivity contribution in [3.05, 3.63) is 28.3 Å². The van der Waals surface area contributed by atoms with Gasteiger partial charge in [-0.15, -0.1) is 0 Å². The first-order valence-corrected chi connectivity index (χ1v) is 7.33. The molecule has 0 aliphatic heterocycles. The number of non-ortho nitro benzene ring substituents is 1. The van der Waals surface area contributed by atoms with E-state index in [1.54, 1.807) is 6.07 Å². The maximum absolute atomic E-state index is 10.9. The molecule has 0 amide bonds. The predicted molar refractivity (Wildman–Crippen MR) is 81.5 cm³/mol. The highest BCUT2D eigenvalue weighted by molar-refractivity contribution is 5.56. The summed E-state index contributed by atoms with van der Waals surface area (Å²) < 4.78 is 5.62. The minimum atomic E-state index is -0.388. The number of benzene rings is 1. The summed E-state index contributed by atoms with van der Waals surface area (Å²) in [4.78, 5) is 10.5. The summed E-state index contributed by atoms with van der Waals surface area (Å²) in [5.74, 6) is 0.564. The van der Waals surface area contributed by atoms with E-state index in [1.165, 1.54) is 18.9 Å². The highest BCUT2D eigenvalue weighted by Crippen LogP contribution is 2.26. The summed E-state index contributed by atoms with van der Waals surface area (Å²) in [7, 11) is 0. The third-order valence-corrected chi connectivity index (χ3v) is 2.95. The Morgan fingerprint density at radius 1 is 1.15 bits per heavy atom. The molecule has 0 bridgehead atoms. The Labute approximate surface area is 120 Å².